The molecule has 6 aromatic carbocycles. The van der Waals surface area contributed by atoms with Gasteiger partial charge in [-0.15, -0.1) is 0 Å². The zero-order valence-electron chi connectivity index (χ0n) is 34.6. The van der Waals surface area contributed by atoms with Gasteiger partial charge in [0.05, 0.1) is 33.4 Å². The number of carbonyl (C=O) groups is 3. The first-order chi connectivity index (χ1) is 30.5. The van der Waals surface area contributed by atoms with E-state index in [1.807, 2.05) is 97.1 Å². The number of ether oxygens (including phenoxy) is 2. The second-order valence-corrected chi connectivity index (χ2v) is 16.6. The fraction of sp³-hybridized carbons (Fsp3) is 0.216. The third kappa shape index (κ3) is 9.42. The van der Waals surface area contributed by atoms with Crippen molar-refractivity contribution in [3.8, 4) is 28.7 Å². The molecule has 0 aromatic heterocycles. The minimum absolute atomic E-state index is 0.0846. The molecule has 10 nitrogen and oxygen atoms in total. The highest BCUT2D eigenvalue weighted by atomic mass is 35.5. The number of anilines is 1. The Bertz CT molecular complexity index is 2690. The first-order valence-electron chi connectivity index (χ1n) is 20.7. The number of hydrogen-bond acceptors (Lipinski definition) is 7. The van der Waals surface area contributed by atoms with Crippen LogP contribution < -0.4 is 19.7 Å². The van der Waals surface area contributed by atoms with Gasteiger partial charge in [0.15, 0.2) is 0 Å². The average molecular weight is 880 g/mol. The van der Waals surface area contributed by atoms with Crippen LogP contribution in [0.15, 0.2) is 133 Å². The van der Waals surface area contributed by atoms with Crippen LogP contribution in [0.25, 0.3) is 11.1 Å². The van der Waals surface area contributed by atoms with Crippen molar-refractivity contribution in [2.24, 2.45) is 0 Å². The maximum absolute atomic E-state index is 14.5. The molecule has 0 radical (unpaired) electrons. The lowest BCUT2D eigenvalue weighted by Crippen LogP contribution is -2.55. The lowest BCUT2D eigenvalue weighted by atomic mass is 9.88. The molecule has 2 unspecified atom stereocenters. The highest BCUT2D eigenvalue weighted by Crippen LogP contribution is 2.43. The minimum Gasteiger partial charge on any atom is -0.489 e. The Balaban J connectivity index is 1.02. The monoisotopic (exact) mass is 878 g/mol. The van der Waals surface area contributed by atoms with E-state index in [1.54, 1.807) is 48.3 Å². The van der Waals surface area contributed by atoms with Crippen molar-refractivity contribution >= 4 is 46.7 Å². The third-order valence-corrected chi connectivity index (χ3v) is 12.5. The molecule has 0 saturated carbocycles. The first kappa shape index (κ1) is 43.0. The van der Waals surface area contributed by atoms with E-state index in [-0.39, 0.29) is 30.9 Å². The van der Waals surface area contributed by atoms with Crippen LogP contribution >= 0.6 is 23.2 Å². The van der Waals surface area contributed by atoms with Crippen LogP contribution in [-0.2, 0) is 40.4 Å². The van der Waals surface area contributed by atoms with Crippen molar-refractivity contribution in [1.29, 1.82) is 5.26 Å². The Labute approximate surface area is 376 Å². The Kier molecular flexibility index (Phi) is 12.8. The van der Waals surface area contributed by atoms with Gasteiger partial charge in [-0.2, -0.15) is 5.26 Å². The number of amides is 2. The fourth-order valence-electron chi connectivity index (χ4n) is 8.38. The summed E-state index contributed by atoms with van der Waals surface area (Å²) in [4.78, 5) is 44.8. The van der Waals surface area contributed by atoms with Gasteiger partial charge in [0, 0.05) is 31.6 Å². The maximum Gasteiger partial charge on any atom is 0.326 e. The normalized spacial score (nSPS) is 16.7. The standard InChI is InChI=1S/C51H44Cl2N4O6/c1-3-44(36-7-5-4-6-8-36)57-29-39-27-47-45(56(2)50(59)48(63-47)37-18-20-40(21-19-37)62-30-33-13-22-41(52)42(53)23-33)25-38(39)26-46(57)49(58)55-43(51(60)61)24-31-9-14-34(15-10-31)35-16-11-32(28-54)12-17-35/h4-23,25,27,43-44,46,48H,3,24,26,29-30H2,1-2H3,(H,55,58)(H,60,61)/t43-,44?,46-,48?/m0/s1. The molecule has 8 rings (SSSR count). The van der Waals surface area contributed by atoms with Crippen LogP contribution in [0.3, 0.4) is 0 Å². The number of carboxylic acid groups (broad SMARTS) is 1. The number of carboxylic acids is 1. The molecular formula is C51H44Cl2N4O6. The van der Waals surface area contributed by atoms with Gasteiger partial charge < -0.3 is 24.8 Å². The second-order valence-electron chi connectivity index (χ2n) is 15.8. The van der Waals surface area contributed by atoms with E-state index < -0.39 is 24.2 Å². The lowest BCUT2D eigenvalue weighted by Gasteiger charge is -2.42. The van der Waals surface area contributed by atoms with Gasteiger partial charge in [-0.25, -0.2) is 4.79 Å². The summed E-state index contributed by atoms with van der Waals surface area (Å²) in [7, 11) is 1.72. The number of hydrogen-bond donors (Lipinski definition) is 2. The Morgan fingerprint density at radius 2 is 1.56 bits per heavy atom. The zero-order valence-corrected chi connectivity index (χ0v) is 36.1. The molecule has 63 heavy (non-hydrogen) atoms. The summed E-state index contributed by atoms with van der Waals surface area (Å²) in [6.45, 7) is 2.75. The summed E-state index contributed by atoms with van der Waals surface area (Å²) in [5.74, 6) is -0.610. The maximum atomic E-state index is 14.5. The summed E-state index contributed by atoms with van der Waals surface area (Å²) in [5, 5.41) is 23.4. The van der Waals surface area contributed by atoms with Gasteiger partial charge in [-0.3, -0.25) is 14.5 Å². The highest BCUT2D eigenvalue weighted by Gasteiger charge is 2.40. The van der Waals surface area contributed by atoms with Crippen LogP contribution in [0.2, 0.25) is 10.0 Å². The fourth-order valence-corrected chi connectivity index (χ4v) is 8.70. The van der Waals surface area contributed by atoms with Crippen LogP contribution in [0.5, 0.6) is 11.5 Å². The van der Waals surface area contributed by atoms with Crippen molar-refractivity contribution in [3.63, 3.8) is 0 Å². The summed E-state index contributed by atoms with van der Waals surface area (Å²) < 4.78 is 12.5. The van der Waals surface area contributed by atoms with Gasteiger partial charge in [-0.1, -0.05) is 115 Å². The Morgan fingerprint density at radius 1 is 0.873 bits per heavy atom. The lowest BCUT2D eigenvalue weighted by molar-refractivity contribution is -0.143. The number of nitriles is 1. The summed E-state index contributed by atoms with van der Waals surface area (Å²) >= 11 is 12.2. The molecule has 0 saturated heterocycles. The van der Waals surface area contributed by atoms with Crippen LogP contribution in [-0.4, -0.2) is 46.9 Å². The molecule has 318 valence electrons. The molecule has 0 spiro atoms. The highest BCUT2D eigenvalue weighted by molar-refractivity contribution is 6.42. The van der Waals surface area contributed by atoms with E-state index in [9.17, 15) is 19.5 Å². The molecule has 2 aliphatic rings. The molecule has 2 heterocycles. The summed E-state index contributed by atoms with van der Waals surface area (Å²) in [5.41, 5.74) is 8.18. The third-order valence-electron chi connectivity index (χ3n) is 11.8. The number of fused-ring (bicyclic) bond motifs is 2. The molecule has 2 amide bonds. The number of rotatable bonds is 13. The van der Waals surface area contributed by atoms with Gasteiger partial charge >= 0.3 is 5.97 Å². The number of benzene rings is 6. The molecular weight excluding hydrogens is 835 g/mol. The number of nitrogens with zero attached hydrogens (tertiary/aromatic N) is 3. The van der Waals surface area contributed by atoms with Crippen LogP contribution in [0.4, 0.5) is 5.69 Å². The summed E-state index contributed by atoms with van der Waals surface area (Å²) in [6, 6.07) is 41.3. The van der Waals surface area contributed by atoms with Crippen molar-refractivity contribution in [3.05, 3.63) is 182 Å². The number of nitrogens with one attached hydrogen (secondary N) is 1. The topological polar surface area (TPSA) is 132 Å². The summed E-state index contributed by atoms with van der Waals surface area (Å²) in [6.07, 6.45) is 0.181. The zero-order chi connectivity index (χ0) is 44.2. The van der Waals surface area contributed by atoms with E-state index in [1.165, 1.54) is 0 Å². The van der Waals surface area contributed by atoms with Crippen LogP contribution in [0.1, 0.15) is 64.4 Å². The SMILES string of the molecule is CCC(c1ccccc1)N1Cc2cc3c(cc2C[C@H]1C(=O)N[C@@H](Cc1ccc(-c2ccc(C#N)cc2)cc1)C(=O)O)N(C)C(=O)C(c1ccc(OCc2ccc(Cl)c(Cl)c2)cc1)O3. The molecule has 0 aliphatic carbocycles. The molecule has 0 bridgehead atoms. The largest absolute Gasteiger partial charge is 0.489 e. The van der Waals surface area contributed by atoms with Crippen molar-refractivity contribution in [2.75, 3.05) is 11.9 Å². The first-order valence-corrected chi connectivity index (χ1v) is 21.4. The molecule has 6 aromatic rings. The molecule has 0 fully saturated rings. The number of halogens is 2. The van der Waals surface area contributed by atoms with Gasteiger partial charge in [0.1, 0.15) is 24.1 Å². The number of carbonyl (C=O) groups excluding carboxylic acids is 2. The predicted molar refractivity (Wildman–Crippen MR) is 243 cm³/mol. The molecule has 12 heteroatoms. The van der Waals surface area contributed by atoms with Gasteiger partial charge in [0.2, 0.25) is 12.0 Å². The number of aliphatic carboxylic acids is 1. The Hall–Kier alpha value is -6.64. The quantitative estimate of drug-likeness (QED) is 0.117. The minimum atomic E-state index is -1.18. The number of likely N-dealkylation sites (N-methyl/N-ethyl adjacent to an activating group) is 1. The van der Waals surface area contributed by atoms with E-state index >= 15 is 0 Å². The Morgan fingerprint density at radius 3 is 2.21 bits per heavy atom. The predicted octanol–water partition coefficient (Wildman–Crippen LogP) is 9.90. The van der Waals surface area contributed by atoms with Gasteiger partial charge in [-0.05, 0) is 100 Å². The van der Waals surface area contributed by atoms with E-state index in [0.29, 0.717) is 57.7 Å². The van der Waals surface area contributed by atoms with Gasteiger partial charge in [0.25, 0.3) is 5.91 Å². The molecule has 2 aliphatic heterocycles. The van der Waals surface area contributed by atoms with E-state index in [2.05, 4.69) is 23.2 Å². The second kappa shape index (κ2) is 18.8. The van der Waals surface area contributed by atoms with E-state index in [4.69, 9.17) is 37.9 Å². The smallest absolute Gasteiger partial charge is 0.326 e. The average Bonchev–Trinajstić information content (AvgIpc) is 3.30. The molecule has 2 N–H and O–H groups in total. The van der Waals surface area contributed by atoms with Crippen molar-refractivity contribution < 1.29 is 29.0 Å². The van der Waals surface area contributed by atoms with Crippen LogP contribution in [0, 0.1) is 11.3 Å². The van der Waals surface area contributed by atoms with Crippen molar-refractivity contribution in [1.82, 2.24) is 10.2 Å². The van der Waals surface area contributed by atoms with E-state index in [0.717, 1.165) is 38.9 Å². The molecule has 4 atom stereocenters. The van der Waals surface area contributed by atoms with Crippen molar-refractivity contribution in [2.45, 2.75) is 63.6 Å².